The van der Waals surface area contributed by atoms with Gasteiger partial charge in [0.15, 0.2) is 0 Å². The lowest BCUT2D eigenvalue weighted by Gasteiger charge is -2.10. The molecule has 0 atom stereocenters. The molecule has 0 unspecified atom stereocenters. The molecule has 2 N–H and O–H groups in total. The molecule has 0 bridgehead atoms. The van der Waals surface area contributed by atoms with E-state index in [4.69, 9.17) is 16.3 Å². The summed E-state index contributed by atoms with van der Waals surface area (Å²) in [5.41, 5.74) is 0.661. The lowest BCUT2D eigenvalue weighted by Crippen LogP contribution is -2.34. The molecule has 0 aliphatic rings. The van der Waals surface area contributed by atoms with Crippen molar-refractivity contribution in [3.8, 4) is 5.75 Å². The SMILES string of the molecule is COc1ccc(Cl)cc1C(=O)NCCNC(=O)c1ccc(F)cc1. The minimum absolute atomic E-state index is 0.224. The van der Waals surface area contributed by atoms with E-state index in [1.807, 2.05) is 0 Å². The second-order valence-electron chi connectivity index (χ2n) is 4.86. The van der Waals surface area contributed by atoms with Crippen molar-refractivity contribution in [3.63, 3.8) is 0 Å². The largest absolute Gasteiger partial charge is 0.496 e. The molecule has 0 fully saturated rings. The van der Waals surface area contributed by atoms with Gasteiger partial charge in [0, 0.05) is 23.7 Å². The first-order valence-corrected chi connectivity index (χ1v) is 7.54. The van der Waals surface area contributed by atoms with E-state index in [1.54, 1.807) is 12.1 Å². The molecule has 7 heteroatoms. The second-order valence-corrected chi connectivity index (χ2v) is 5.30. The minimum atomic E-state index is -0.408. The maximum absolute atomic E-state index is 12.8. The number of hydrogen-bond acceptors (Lipinski definition) is 3. The smallest absolute Gasteiger partial charge is 0.255 e. The van der Waals surface area contributed by atoms with Crippen molar-refractivity contribution in [2.24, 2.45) is 0 Å². The first kappa shape index (κ1) is 17.7. The van der Waals surface area contributed by atoms with Crippen LogP contribution in [0.2, 0.25) is 5.02 Å². The number of ether oxygens (including phenoxy) is 1. The Balaban J connectivity index is 1.84. The van der Waals surface area contributed by atoms with E-state index in [1.165, 1.54) is 37.4 Å². The second kappa shape index (κ2) is 8.31. The summed E-state index contributed by atoms with van der Waals surface area (Å²) in [6.45, 7) is 0.451. The van der Waals surface area contributed by atoms with Crippen molar-refractivity contribution >= 4 is 23.4 Å². The molecular formula is C17H16ClFN2O3. The van der Waals surface area contributed by atoms with Gasteiger partial charge in [-0.2, -0.15) is 0 Å². The molecule has 0 heterocycles. The summed E-state index contributed by atoms with van der Waals surface area (Å²) in [7, 11) is 1.46. The lowest BCUT2D eigenvalue weighted by molar-refractivity contribution is 0.0926. The van der Waals surface area contributed by atoms with Crippen LogP contribution in [0.25, 0.3) is 0 Å². The van der Waals surface area contributed by atoms with E-state index in [0.29, 0.717) is 21.9 Å². The third kappa shape index (κ3) is 4.70. The molecule has 0 aliphatic heterocycles. The molecule has 2 amide bonds. The molecule has 2 rings (SSSR count). The van der Waals surface area contributed by atoms with Gasteiger partial charge in [0.2, 0.25) is 0 Å². The maximum atomic E-state index is 12.8. The fraction of sp³-hybridized carbons (Fsp3) is 0.176. The van der Waals surface area contributed by atoms with E-state index in [2.05, 4.69) is 10.6 Å². The topological polar surface area (TPSA) is 67.4 Å². The van der Waals surface area contributed by atoms with Crippen LogP contribution in [0, 0.1) is 5.82 Å². The Morgan fingerprint density at radius 3 is 2.29 bits per heavy atom. The van der Waals surface area contributed by atoms with E-state index in [9.17, 15) is 14.0 Å². The van der Waals surface area contributed by atoms with Gasteiger partial charge < -0.3 is 15.4 Å². The van der Waals surface area contributed by atoms with Gasteiger partial charge in [0.05, 0.1) is 12.7 Å². The first-order chi connectivity index (χ1) is 11.5. The standard InChI is InChI=1S/C17H16ClFN2O3/c1-24-15-7-4-12(18)10-14(15)17(23)21-9-8-20-16(22)11-2-5-13(19)6-3-11/h2-7,10H,8-9H2,1H3,(H,20,22)(H,21,23). The number of carbonyl (C=O) groups is 2. The maximum Gasteiger partial charge on any atom is 0.255 e. The van der Waals surface area contributed by atoms with E-state index >= 15 is 0 Å². The zero-order chi connectivity index (χ0) is 17.5. The highest BCUT2D eigenvalue weighted by Crippen LogP contribution is 2.22. The number of benzene rings is 2. The van der Waals surface area contributed by atoms with Crippen LogP contribution < -0.4 is 15.4 Å². The van der Waals surface area contributed by atoms with E-state index in [-0.39, 0.29) is 24.9 Å². The monoisotopic (exact) mass is 350 g/mol. The number of nitrogens with one attached hydrogen (secondary N) is 2. The van der Waals surface area contributed by atoms with Crippen LogP contribution in [0.3, 0.4) is 0 Å². The van der Waals surface area contributed by atoms with Crippen molar-refractivity contribution in [2.75, 3.05) is 20.2 Å². The van der Waals surface area contributed by atoms with Crippen LogP contribution in [0.15, 0.2) is 42.5 Å². The Kier molecular flexibility index (Phi) is 6.14. The molecule has 0 saturated carbocycles. The van der Waals surface area contributed by atoms with Crippen LogP contribution in [0.5, 0.6) is 5.75 Å². The lowest BCUT2D eigenvalue weighted by atomic mass is 10.2. The Morgan fingerprint density at radius 1 is 1.04 bits per heavy atom. The first-order valence-electron chi connectivity index (χ1n) is 7.17. The molecule has 0 radical (unpaired) electrons. The van der Waals surface area contributed by atoms with Crippen LogP contribution in [0.1, 0.15) is 20.7 Å². The zero-order valence-corrected chi connectivity index (χ0v) is 13.7. The molecule has 5 nitrogen and oxygen atoms in total. The number of hydrogen-bond donors (Lipinski definition) is 2. The van der Waals surface area contributed by atoms with Crippen molar-refractivity contribution in [1.82, 2.24) is 10.6 Å². The number of rotatable bonds is 6. The number of methoxy groups -OCH3 is 1. The van der Waals surface area contributed by atoms with E-state index in [0.717, 1.165) is 0 Å². The molecule has 0 saturated heterocycles. The summed E-state index contributed by atoms with van der Waals surface area (Å²) in [6, 6.07) is 9.94. The summed E-state index contributed by atoms with van der Waals surface area (Å²) >= 11 is 5.88. The van der Waals surface area contributed by atoms with Crippen LogP contribution in [0.4, 0.5) is 4.39 Å². The quantitative estimate of drug-likeness (QED) is 0.787. The zero-order valence-electron chi connectivity index (χ0n) is 12.9. The molecule has 2 aromatic rings. The normalized spacial score (nSPS) is 10.1. The van der Waals surface area contributed by atoms with Gasteiger partial charge >= 0.3 is 0 Å². The molecule has 0 aliphatic carbocycles. The Bertz CT molecular complexity index is 735. The van der Waals surface area contributed by atoms with Crippen molar-refractivity contribution in [1.29, 1.82) is 0 Å². The van der Waals surface area contributed by atoms with Gasteiger partial charge in [-0.15, -0.1) is 0 Å². The molecule has 24 heavy (non-hydrogen) atoms. The summed E-state index contributed by atoms with van der Waals surface area (Å²) in [4.78, 5) is 24.0. The Labute approximate surface area is 143 Å². The third-order valence-electron chi connectivity index (χ3n) is 3.21. The summed E-state index contributed by atoms with van der Waals surface area (Å²) in [5, 5.41) is 5.72. The van der Waals surface area contributed by atoms with Gasteiger partial charge in [0.1, 0.15) is 11.6 Å². The van der Waals surface area contributed by atoms with Crippen LogP contribution in [-0.2, 0) is 0 Å². The Hall–Kier alpha value is -2.60. The average Bonchev–Trinajstić information content (AvgIpc) is 2.58. The summed E-state index contributed by atoms with van der Waals surface area (Å²) in [6.07, 6.45) is 0. The van der Waals surface area contributed by atoms with Crippen molar-refractivity contribution < 1.29 is 18.7 Å². The van der Waals surface area contributed by atoms with Gasteiger partial charge in [-0.05, 0) is 42.5 Å². The third-order valence-corrected chi connectivity index (χ3v) is 3.44. The predicted molar refractivity (Wildman–Crippen MR) is 89.1 cm³/mol. The number of carbonyl (C=O) groups excluding carboxylic acids is 2. The van der Waals surface area contributed by atoms with Crippen molar-refractivity contribution in [3.05, 3.63) is 64.4 Å². The summed E-state index contributed by atoms with van der Waals surface area (Å²) < 4.78 is 17.9. The van der Waals surface area contributed by atoms with Gasteiger partial charge in [0.25, 0.3) is 11.8 Å². The van der Waals surface area contributed by atoms with Crippen LogP contribution in [-0.4, -0.2) is 32.0 Å². The molecule has 126 valence electrons. The number of halogens is 2. The molecular weight excluding hydrogens is 335 g/mol. The van der Waals surface area contributed by atoms with Crippen LogP contribution >= 0.6 is 11.6 Å². The minimum Gasteiger partial charge on any atom is -0.496 e. The predicted octanol–water partition coefficient (Wildman–Crippen LogP) is 2.65. The molecule has 0 aromatic heterocycles. The number of amides is 2. The highest BCUT2D eigenvalue weighted by atomic mass is 35.5. The fourth-order valence-corrected chi connectivity index (χ4v) is 2.18. The highest BCUT2D eigenvalue weighted by Gasteiger charge is 2.12. The highest BCUT2D eigenvalue weighted by molar-refractivity contribution is 6.31. The fourth-order valence-electron chi connectivity index (χ4n) is 2.01. The molecule has 0 spiro atoms. The Morgan fingerprint density at radius 2 is 1.67 bits per heavy atom. The molecule has 2 aromatic carbocycles. The van der Waals surface area contributed by atoms with Crippen molar-refractivity contribution in [2.45, 2.75) is 0 Å². The van der Waals surface area contributed by atoms with Gasteiger partial charge in [-0.3, -0.25) is 9.59 Å². The van der Waals surface area contributed by atoms with Gasteiger partial charge in [-0.25, -0.2) is 4.39 Å². The average molecular weight is 351 g/mol. The van der Waals surface area contributed by atoms with E-state index < -0.39 is 5.82 Å². The summed E-state index contributed by atoms with van der Waals surface area (Å²) in [5.74, 6) is -0.698. The van der Waals surface area contributed by atoms with Gasteiger partial charge in [-0.1, -0.05) is 11.6 Å².